The fourth-order valence-electron chi connectivity index (χ4n) is 1.77. The summed E-state index contributed by atoms with van der Waals surface area (Å²) < 4.78 is 13.1. The summed E-state index contributed by atoms with van der Waals surface area (Å²) in [6, 6.07) is 9.59. The first-order chi connectivity index (χ1) is 9.95. The molecule has 2 amide bonds. The number of benzene rings is 2. The zero-order valence-corrected chi connectivity index (χ0v) is 11.2. The highest BCUT2D eigenvalue weighted by Gasteiger charge is 2.12. The minimum absolute atomic E-state index is 0.167. The van der Waals surface area contributed by atoms with Gasteiger partial charge in [-0.1, -0.05) is 6.07 Å². The molecule has 0 atom stereocenters. The van der Waals surface area contributed by atoms with Gasteiger partial charge in [-0.05, 0) is 36.4 Å². The number of anilines is 2. The maximum Gasteiger partial charge on any atom is 0.259 e. The topological polar surface area (TPSA) is 78.4 Å². The summed E-state index contributed by atoms with van der Waals surface area (Å²) in [7, 11) is 0. The van der Waals surface area contributed by atoms with Gasteiger partial charge in [0, 0.05) is 18.3 Å². The zero-order valence-electron chi connectivity index (χ0n) is 11.2. The van der Waals surface area contributed by atoms with Crippen molar-refractivity contribution in [2.45, 2.75) is 6.92 Å². The second kappa shape index (κ2) is 6.04. The predicted octanol–water partition coefficient (Wildman–Crippen LogP) is 2.74. The highest BCUT2D eigenvalue weighted by Crippen LogP contribution is 2.21. The summed E-state index contributed by atoms with van der Waals surface area (Å²) in [6.07, 6.45) is 0. The van der Waals surface area contributed by atoms with Crippen molar-refractivity contribution in [1.29, 1.82) is 0 Å². The molecule has 2 rings (SSSR count). The second-order valence-corrected chi connectivity index (χ2v) is 4.38. The number of aromatic hydroxyl groups is 1. The van der Waals surface area contributed by atoms with Crippen LogP contribution in [0.1, 0.15) is 17.3 Å². The van der Waals surface area contributed by atoms with Gasteiger partial charge in [-0.3, -0.25) is 9.59 Å². The average Bonchev–Trinajstić information content (AvgIpc) is 2.41. The van der Waals surface area contributed by atoms with Gasteiger partial charge in [0.1, 0.15) is 11.6 Å². The maximum absolute atomic E-state index is 13.1. The first kappa shape index (κ1) is 14.5. The first-order valence-corrected chi connectivity index (χ1v) is 6.13. The van der Waals surface area contributed by atoms with Crippen LogP contribution in [0, 0.1) is 5.82 Å². The fraction of sp³-hybridized carbons (Fsp3) is 0.0667. The van der Waals surface area contributed by atoms with Crippen LogP contribution in [0.4, 0.5) is 15.8 Å². The SMILES string of the molecule is CC(=O)Nc1cccc(NC(=O)c2cc(F)ccc2O)c1. The summed E-state index contributed by atoms with van der Waals surface area (Å²) in [4.78, 5) is 23.0. The monoisotopic (exact) mass is 288 g/mol. The number of phenols is 1. The fourth-order valence-corrected chi connectivity index (χ4v) is 1.77. The molecule has 0 aliphatic rings. The number of carbonyl (C=O) groups is 2. The van der Waals surface area contributed by atoms with Gasteiger partial charge in [0.2, 0.25) is 5.91 Å². The van der Waals surface area contributed by atoms with Gasteiger partial charge in [-0.25, -0.2) is 4.39 Å². The van der Waals surface area contributed by atoms with E-state index in [4.69, 9.17) is 0 Å². The van der Waals surface area contributed by atoms with Gasteiger partial charge in [0.15, 0.2) is 0 Å². The Hall–Kier alpha value is -2.89. The number of hydrogen-bond acceptors (Lipinski definition) is 3. The van der Waals surface area contributed by atoms with Crippen LogP contribution in [-0.2, 0) is 4.79 Å². The van der Waals surface area contributed by atoms with E-state index in [9.17, 15) is 19.1 Å². The van der Waals surface area contributed by atoms with E-state index in [0.717, 1.165) is 18.2 Å². The van der Waals surface area contributed by atoms with E-state index in [1.54, 1.807) is 24.3 Å². The Kier molecular flexibility index (Phi) is 4.18. The van der Waals surface area contributed by atoms with E-state index in [1.807, 2.05) is 0 Å². The summed E-state index contributed by atoms with van der Waals surface area (Å²) >= 11 is 0. The third-order valence-electron chi connectivity index (χ3n) is 2.64. The number of hydrogen-bond donors (Lipinski definition) is 3. The first-order valence-electron chi connectivity index (χ1n) is 6.13. The van der Waals surface area contributed by atoms with E-state index >= 15 is 0 Å². The molecule has 0 aliphatic heterocycles. The highest BCUT2D eigenvalue weighted by atomic mass is 19.1. The van der Waals surface area contributed by atoms with Crippen molar-refractivity contribution < 1.29 is 19.1 Å². The number of halogens is 1. The van der Waals surface area contributed by atoms with Crippen LogP contribution in [0.25, 0.3) is 0 Å². The van der Waals surface area contributed by atoms with Crippen LogP contribution in [0.15, 0.2) is 42.5 Å². The predicted molar refractivity (Wildman–Crippen MR) is 76.8 cm³/mol. The lowest BCUT2D eigenvalue weighted by molar-refractivity contribution is -0.114. The Morgan fingerprint density at radius 3 is 2.38 bits per heavy atom. The van der Waals surface area contributed by atoms with Crippen molar-refractivity contribution in [1.82, 2.24) is 0 Å². The molecule has 0 heterocycles. The Morgan fingerprint density at radius 2 is 1.71 bits per heavy atom. The van der Waals surface area contributed by atoms with Crippen molar-refractivity contribution in [3.63, 3.8) is 0 Å². The number of carbonyl (C=O) groups excluding carboxylic acids is 2. The van der Waals surface area contributed by atoms with Crippen molar-refractivity contribution in [3.8, 4) is 5.75 Å². The van der Waals surface area contributed by atoms with Gasteiger partial charge >= 0.3 is 0 Å². The van der Waals surface area contributed by atoms with Crippen LogP contribution in [0.5, 0.6) is 5.75 Å². The normalized spacial score (nSPS) is 10.0. The standard InChI is InChI=1S/C15H13FN2O3/c1-9(19)17-11-3-2-4-12(8-11)18-15(21)13-7-10(16)5-6-14(13)20/h2-8,20H,1H3,(H,17,19)(H,18,21). The van der Waals surface area contributed by atoms with Crippen molar-refractivity contribution in [2.24, 2.45) is 0 Å². The van der Waals surface area contributed by atoms with Crippen LogP contribution < -0.4 is 10.6 Å². The third-order valence-corrected chi connectivity index (χ3v) is 2.64. The lowest BCUT2D eigenvalue weighted by Gasteiger charge is -2.09. The molecule has 0 spiro atoms. The van der Waals surface area contributed by atoms with Crippen LogP contribution in [0.2, 0.25) is 0 Å². The van der Waals surface area contributed by atoms with Crippen molar-refractivity contribution in [2.75, 3.05) is 10.6 Å². The molecule has 2 aromatic carbocycles. The van der Waals surface area contributed by atoms with Gasteiger partial charge < -0.3 is 15.7 Å². The number of phenolic OH excluding ortho intramolecular Hbond substituents is 1. The van der Waals surface area contributed by atoms with Gasteiger partial charge in [-0.2, -0.15) is 0 Å². The minimum Gasteiger partial charge on any atom is -0.507 e. The zero-order chi connectivity index (χ0) is 15.4. The van der Waals surface area contributed by atoms with Crippen molar-refractivity contribution in [3.05, 3.63) is 53.8 Å². The summed E-state index contributed by atoms with van der Waals surface area (Å²) in [6.45, 7) is 1.37. The van der Waals surface area contributed by atoms with E-state index in [1.165, 1.54) is 6.92 Å². The van der Waals surface area contributed by atoms with Crippen molar-refractivity contribution >= 4 is 23.2 Å². The van der Waals surface area contributed by atoms with E-state index in [0.29, 0.717) is 11.4 Å². The lowest BCUT2D eigenvalue weighted by Crippen LogP contribution is -2.13. The number of nitrogens with one attached hydrogen (secondary N) is 2. The van der Waals surface area contributed by atoms with Crippen LogP contribution in [-0.4, -0.2) is 16.9 Å². The number of rotatable bonds is 3. The molecule has 2 aromatic rings. The molecule has 3 N–H and O–H groups in total. The molecular formula is C15H13FN2O3. The Morgan fingerprint density at radius 1 is 1.05 bits per heavy atom. The van der Waals surface area contributed by atoms with Crippen LogP contribution in [0.3, 0.4) is 0 Å². The lowest BCUT2D eigenvalue weighted by atomic mass is 10.1. The summed E-state index contributed by atoms with van der Waals surface area (Å²) in [5, 5.41) is 14.7. The summed E-state index contributed by atoms with van der Waals surface area (Å²) in [5.41, 5.74) is 0.763. The van der Waals surface area contributed by atoms with Gasteiger partial charge in [-0.15, -0.1) is 0 Å². The molecule has 5 nitrogen and oxygen atoms in total. The molecule has 6 heteroatoms. The highest BCUT2D eigenvalue weighted by molar-refractivity contribution is 6.06. The molecule has 21 heavy (non-hydrogen) atoms. The average molecular weight is 288 g/mol. The summed E-state index contributed by atoms with van der Waals surface area (Å²) in [5.74, 6) is -1.81. The molecular weight excluding hydrogens is 275 g/mol. The molecule has 0 unspecified atom stereocenters. The molecule has 0 saturated heterocycles. The van der Waals surface area contributed by atoms with E-state index in [2.05, 4.69) is 10.6 Å². The van der Waals surface area contributed by atoms with Gasteiger partial charge in [0.25, 0.3) is 5.91 Å². The second-order valence-electron chi connectivity index (χ2n) is 4.38. The largest absolute Gasteiger partial charge is 0.507 e. The Bertz CT molecular complexity index is 701. The molecule has 0 bridgehead atoms. The quantitative estimate of drug-likeness (QED) is 0.812. The Labute approximate surface area is 120 Å². The van der Waals surface area contributed by atoms with Crippen LogP contribution >= 0.6 is 0 Å². The van der Waals surface area contributed by atoms with Gasteiger partial charge in [0.05, 0.1) is 5.56 Å². The Balaban J connectivity index is 2.19. The molecule has 0 aliphatic carbocycles. The molecule has 0 saturated carbocycles. The number of amides is 2. The molecule has 108 valence electrons. The molecule has 0 radical (unpaired) electrons. The maximum atomic E-state index is 13.1. The van der Waals surface area contributed by atoms with E-state index < -0.39 is 11.7 Å². The minimum atomic E-state index is -0.646. The van der Waals surface area contributed by atoms with E-state index in [-0.39, 0.29) is 17.2 Å². The molecule has 0 fully saturated rings. The smallest absolute Gasteiger partial charge is 0.259 e. The molecule has 0 aromatic heterocycles. The third kappa shape index (κ3) is 3.79.